The van der Waals surface area contributed by atoms with Crippen LogP contribution in [0, 0.1) is 13.8 Å². The zero-order valence-corrected chi connectivity index (χ0v) is 20.4. The van der Waals surface area contributed by atoms with Gasteiger partial charge in [0.05, 0.1) is 21.6 Å². The van der Waals surface area contributed by atoms with Crippen molar-refractivity contribution < 1.29 is 17.9 Å². The third-order valence-corrected chi connectivity index (χ3v) is 7.04. The van der Waals surface area contributed by atoms with Gasteiger partial charge in [-0.1, -0.05) is 59.1 Å². The molecule has 174 valence electrons. The number of nitrogens with one attached hydrogen (secondary N) is 1. The average Bonchev–Trinajstić information content (AvgIpc) is 2.78. The number of ether oxygens (including phenoxy) is 1. The number of sulfonamides is 1. The van der Waals surface area contributed by atoms with Gasteiger partial charge in [0.2, 0.25) is 5.91 Å². The van der Waals surface area contributed by atoms with Crippen molar-refractivity contribution in [3.63, 3.8) is 0 Å². The number of halogens is 1. The third-order valence-electron chi connectivity index (χ3n) is 4.95. The summed E-state index contributed by atoms with van der Waals surface area (Å²) in [5.74, 6) is 0.229. The molecule has 0 spiro atoms. The summed E-state index contributed by atoms with van der Waals surface area (Å²) in [6.45, 7) is 5.47. The van der Waals surface area contributed by atoms with Crippen molar-refractivity contribution in [1.29, 1.82) is 0 Å². The van der Waals surface area contributed by atoms with Crippen LogP contribution >= 0.6 is 11.6 Å². The first-order valence-corrected chi connectivity index (χ1v) is 12.3. The van der Waals surface area contributed by atoms with Gasteiger partial charge in [0, 0.05) is 0 Å². The molecule has 33 heavy (non-hydrogen) atoms. The largest absolute Gasteiger partial charge is 0.491 e. The first-order chi connectivity index (χ1) is 15.7. The van der Waals surface area contributed by atoms with Crippen molar-refractivity contribution in [3.05, 3.63) is 88.9 Å². The lowest BCUT2D eigenvalue weighted by Crippen LogP contribution is -2.45. The molecule has 3 aromatic rings. The standard InChI is InChI=1S/C25H27ClN2O4S/c1-18-8-12-21(13-9-18)32-17-20(3)27-25(29)16-28(24-7-5-4-6-23(24)26)33(30,31)22-14-10-19(2)11-15-22/h4-15,20H,16-17H2,1-3H3,(H,27,29). The number of carbonyl (C=O) groups is 1. The van der Waals surface area contributed by atoms with E-state index in [4.69, 9.17) is 16.3 Å². The van der Waals surface area contributed by atoms with Crippen molar-refractivity contribution in [3.8, 4) is 5.75 Å². The fraction of sp³-hybridized carbons (Fsp3) is 0.240. The van der Waals surface area contributed by atoms with Crippen molar-refractivity contribution in [2.75, 3.05) is 17.5 Å². The molecule has 0 aliphatic heterocycles. The van der Waals surface area contributed by atoms with Gasteiger partial charge in [-0.15, -0.1) is 0 Å². The number of nitrogens with zero attached hydrogens (tertiary/aromatic N) is 1. The number of anilines is 1. The monoisotopic (exact) mass is 486 g/mol. The van der Waals surface area contributed by atoms with Crippen molar-refractivity contribution in [2.24, 2.45) is 0 Å². The zero-order chi connectivity index (χ0) is 24.0. The maximum atomic E-state index is 13.4. The van der Waals surface area contributed by atoms with Crippen LogP contribution in [0.3, 0.4) is 0 Å². The molecule has 0 saturated heterocycles. The molecule has 1 amide bonds. The predicted octanol–water partition coefficient (Wildman–Crippen LogP) is 4.74. The highest BCUT2D eigenvalue weighted by molar-refractivity contribution is 7.92. The molecule has 3 rings (SSSR count). The molecule has 8 heteroatoms. The fourth-order valence-electron chi connectivity index (χ4n) is 3.14. The summed E-state index contributed by atoms with van der Waals surface area (Å²) in [7, 11) is -4.03. The van der Waals surface area contributed by atoms with Crippen LogP contribution in [0.25, 0.3) is 0 Å². The lowest BCUT2D eigenvalue weighted by molar-refractivity contribution is -0.120. The second kappa shape index (κ2) is 10.7. The van der Waals surface area contributed by atoms with E-state index in [-0.39, 0.29) is 28.3 Å². The molecule has 0 fully saturated rings. The quantitative estimate of drug-likeness (QED) is 0.474. The maximum Gasteiger partial charge on any atom is 0.264 e. The predicted molar refractivity (Wildman–Crippen MR) is 131 cm³/mol. The molecule has 0 heterocycles. The topological polar surface area (TPSA) is 75.7 Å². The van der Waals surface area contributed by atoms with Crippen LogP contribution in [0.15, 0.2) is 77.7 Å². The van der Waals surface area contributed by atoms with Crippen LogP contribution in [0.5, 0.6) is 5.75 Å². The second-order valence-corrected chi connectivity index (χ2v) is 10.1. The van der Waals surface area contributed by atoms with E-state index in [1.165, 1.54) is 12.1 Å². The highest BCUT2D eigenvalue weighted by Gasteiger charge is 2.29. The lowest BCUT2D eigenvalue weighted by Gasteiger charge is -2.26. The van der Waals surface area contributed by atoms with E-state index in [0.717, 1.165) is 15.4 Å². The van der Waals surface area contributed by atoms with Gasteiger partial charge in [0.15, 0.2) is 0 Å². The van der Waals surface area contributed by atoms with Crippen LogP contribution in [0.1, 0.15) is 18.1 Å². The lowest BCUT2D eigenvalue weighted by atomic mass is 10.2. The maximum absolute atomic E-state index is 13.4. The first kappa shape index (κ1) is 24.6. The molecule has 6 nitrogen and oxygen atoms in total. The van der Waals surface area contributed by atoms with Gasteiger partial charge in [0.1, 0.15) is 18.9 Å². The van der Waals surface area contributed by atoms with Crippen molar-refractivity contribution in [2.45, 2.75) is 31.7 Å². The Bertz CT molecular complexity index is 1200. The fourth-order valence-corrected chi connectivity index (χ4v) is 4.87. The third kappa shape index (κ3) is 6.49. The van der Waals surface area contributed by atoms with E-state index in [2.05, 4.69) is 5.32 Å². The highest BCUT2D eigenvalue weighted by Crippen LogP contribution is 2.30. The van der Waals surface area contributed by atoms with E-state index in [1.807, 2.05) is 38.1 Å². The Morgan fingerprint density at radius 3 is 2.15 bits per heavy atom. The SMILES string of the molecule is Cc1ccc(OCC(C)NC(=O)CN(c2ccccc2Cl)S(=O)(=O)c2ccc(C)cc2)cc1. The van der Waals surface area contributed by atoms with E-state index in [0.29, 0.717) is 5.75 Å². The minimum atomic E-state index is -4.03. The summed E-state index contributed by atoms with van der Waals surface area (Å²) in [4.78, 5) is 12.9. The van der Waals surface area contributed by atoms with Crippen molar-refractivity contribution >= 4 is 33.2 Å². The number of benzene rings is 3. The van der Waals surface area contributed by atoms with Crippen LogP contribution in [0.4, 0.5) is 5.69 Å². The normalized spacial score (nSPS) is 12.1. The molecule has 1 N–H and O–H groups in total. The first-order valence-electron chi connectivity index (χ1n) is 10.5. The van der Waals surface area contributed by atoms with Crippen LogP contribution in [-0.4, -0.2) is 33.5 Å². The van der Waals surface area contributed by atoms with Gasteiger partial charge < -0.3 is 10.1 Å². The minimum Gasteiger partial charge on any atom is -0.491 e. The number of carbonyl (C=O) groups excluding carboxylic acids is 1. The van der Waals surface area contributed by atoms with Gasteiger partial charge in [0.25, 0.3) is 10.0 Å². The number of hydrogen-bond donors (Lipinski definition) is 1. The van der Waals surface area contributed by atoms with Crippen LogP contribution in [-0.2, 0) is 14.8 Å². The Labute approximate surface area is 200 Å². The molecule has 0 aromatic heterocycles. The number of hydrogen-bond acceptors (Lipinski definition) is 4. The summed E-state index contributed by atoms with van der Waals surface area (Å²) in [5, 5.41) is 3.03. The minimum absolute atomic E-state index is 0.0802. The molecular weight excluding hydrogens is 460 g/mol. The van der Waals surface area contributed by atoms with E-state index >= 15 is 0 Å². The van der Waals surface area contributed by atoms with Crippen LogP contribution < -0.4 is 14.4 Å². The Balaban J connectivity index is 1.75. The van der Waals surface area contributed by atoms with Gasteiger partial charge in [-0.3, -0.25) is 9.10 Å². The molecule has 0 bridgehead atoms. The summed E-state index contributed by atoms with van der Waals surface area (Å²) in [5.41, 5.74) is 2.29. The molecule has 1 atom stereocenters. The Kier molecular flexibility index (Phi) is 8.00. The molecular formula is C25H27ClN2O4S. The van der Waals surface area contributed by atoms with E-state index < -0.39 is 22.5 Å². The van der Waals surface area contributed by atoms with Crippen molar-refractivity contribution in [1.82, 2.24) is 5.32 Å². The summed E-state index contributed by atoms with van der Waals surface area (Å²) >= 11 is 6.30. The molecule has 0 aliphatic carbocycles. The summed E-state index contributed by atoms with van der Waals surface area (Å²) in [6.07, 6.45) is 0. The highest BCUT2D eigenvalue weighted by atomic mass is 35.5. The number of rotatable bonds is 9. The number of para-hydroxylation sites is 1. The van der Waals surface area contributed by atoms with Gasteiger partial charge in [-0.2, -0.15) is 0 Å². The Morgan fingerprint density at radius 2 is 1.55 bits per heavy atom. The van der Waals surface area contributed by atoms with Gasteiger partial charge in [-0.05, 0) is 57.2 Å². The number of aryl methyl sites for hydroxylation is 2. The molecule has 0 aliphatic rings. The molecule has 0 saturated carbocycles. The Hall–Kier alpha value is -3.03. The average molecular weight is 487 g/mol. The molecule has 0 radical (unpaired) electrons. The zero-order valence-electron chi connectivity index (χ0n) is 18.8. The van der Waals surface area contributed by atoms with Gasteiger partial charge >= 0.3 is 0 Å². The molecule has 1 unspecified atom stereocenters. The second-order valence-electron chi connectivity index (χ2n) is 7.87. The van der Waals surface area contributed by atoms with Crippen LogP contribution in [0.2, 0.25) is 5.02 Å². The van der Waals surface area contributed by atoms with Gasteiger partial charge in [-0.25, -0.2) is 8.42 Å². The number of amides is 1. The summed E-state index contributed by atoms with van der Waals surface area (Å²) < 4.78 is 33.6. The van der Waals surface area contributed by atoms with E-state index in [9.17, 15) is 13.2 Å². The Morgan fingerprint density at radius 1 is 0.970 bits per heavy atom. The summed E-state index contributed by atoms with van der Waals surface area (Å²) in [6, 6.07) is 20.3. The van der Waals surface area contributed by atoms with E-state index in [1.54, 1.807) is 43.3 Å². The smallest absolute Gasteiger partial charge is 0.264 e. The molecule has 3 aromatic carbocycles.